The Hall–Kier alpha value is -2.26. The van der Waals surface area contributed by atoms with E-state index in [9.17, 15) is 17.6 Å². The first kappa shape index (κ1) is 16.1. The molecule has 0 bridgehead atoms. The third-order valence-corrected chi connectivity index (χ3v) is 2.48. The summed E-state index contributed by atoms with van der Waals surface area (Å²) < 4.78 is 58.5. The van der Waals surface area contributed by atoms with Gasteiger partial charge < -0.3 is 19.5 Å². The van der Waals surface area contributed by atoms with Crippen molar-refractivity contribution in [3.05, 3.63) is 48.3 Å². The average Bonchev–Trinajstić information content (AvgIpc) is 2.39. The molecular weight excluding hydrogens is 307 g/mol. The molecular formula is C13H9BF4O4. The third kappa shape index (κ3) is 4.64. The monoisotopic (exact) mass is 316 g/mol. The molecule has 2 aromatic carbocycles. The molecule has 0 atom stereocenters. The summed E-state index contributed by atoms with van der Waals surface area (Å²) in [5, 5.41) is 18.2. The van der Waals surface area contributed by atoms with Crippen molar-refractivity contribution < 1.29 is 37.1 Å². The van der Waals surface area contributed by atoms with Gasteiger partial charge >= 0.3 is 13.5 Å². The minimum Gasteiger partial charge on any atom is -0.457 e. The van der Waals surface area contributed by atoms with E-state index in [2.05, 4.69) is 4.74 Å². The Labute approximate surface area is 122 Å². The third-order valence-electron chi connectivity index (χ3n) is 2.48. The highest BCUT2D eigenvalue weighted by Gasteiger charge is 2.32. The van der Waals surface area contributed by atoms with Gasteiger partial charge in [-0.3, -0.25) is 0 Å². The number of alkyl halides is 3. The number of halogens is 4. The molecule has 0 spiro atoms. The zero-order chi connectivity index (χ0) is 16.3. The fraction of sp³-hybridized carbons (Fsp3) is 0.0769. The predicted molar refractivity (Wildman–Crippen MR) is 69.4 cm³/mol. The van der Waals surface area contributed by atoms with Crippen LogP contribution in [-0.2, 0) is 0 Å². The van der Waals surface area contributed by atoms with Crippen LogP contribution in [0, 0.1) is 5.82 Å². The topological polar surface area (TPSA) is 58.9 Å². The van der Waals surface area contributed by atoms with E-state index < -0.39 is 25.0 Å². The zero-order valence-electron chi connectivity index (χ0n) is 10.8. The van der Waals surface area contributed by atoms with Crippen molar-refractivity contribution in [1.82, 2.24) is 0 Å². The molecule has 0 heterocycles. The van der Waals surface area contributed by atoms with Gasteiger partial charge in [-0.25, -0.2) is 4.39 Å². The molecule has 2 aromatic rings. The van der Waals surface area contributed by atoms with E-state index in [0.717, 1.165) is 30.3 Å². The summed E-state index contributed by atoms with van der Waals surface area (Å²) in [5.74, 6) is -1.15. The number of ether oxygens (including phenoxy) is 2. The Morgan fingerprint density at radius 2 is 1.45 bits per heavy atom. The molecule has 22 heavy (non-hydrogen) atoms. The SMILES string of the molecule is OB(O)c1cc(Oc2ccc(F)cc2)cc(OC(F)(F)F)c1. The van der Waals surface area contributed by atoms with Crippen LogP contribution in [0.15, 0.2) is 42.5 Å². The molecule has 0 radical (unpaired) electrons. The smallest absolute Gasteiger partial charge is 0.457 e. The number of benzene rings is 2. The lowest BCUT2D eigenvalue weighted by Crippen LogP contribution is -2.30. The van der Waals surface area contributed by atoms with Gasteiger partial charge in [0.05, 0.1) is 0 Å². The molecule has 0 saturated heterocycles. The molecule has 0 aliphatic heterocycles. The Morgan fingerprint density at radius 3 is 2.00 bits per heavy atom. The first-order valence-corrected chi connectivity index (χ1v) is 5.93. The molecule has 0 fully saturated rings. The van der Waals surface area contributed by atoms with Gasteiger partial charge in [0, 0.05) is 6.07 Å². The van der Waals surface area contributed by atoms with E-state index in [1.54, 1.807) is 0 Å². The van der Waals surface area contributed by atoms with Crippen molar-refractivity contribution in [2.24, 2.45) is 0 Å². The predicted octanol–water partition coefficient (Wildman–Crippen LogP) is 2.20. The fourth-order valence-electron chi connectivity index (χ4n) is 1.63. The molecule has 2 N–H and O–H groups in total. The van der Waals surface area contributed by atoms with E-state index >= 15 is 0 Å². The van der Waals surface area contributed by atoms with Gasteiger partial charge in [0.1, 0.15) is 23.1 Å². The lowest BCUT2D eigenvalue weighted by molar-refractivity contribution is -0.274. The van der Waals surface area contributed by atoms with Crippen molar-refractivity contribution in [2.75, 3.05) is 0 Å². The molecule has 0 aromatic heterocycles. The summed E-state index contributed by atoms with van der Waals surface area (Å²) in [6.07, 6.45) is -4.94. The van der Waals surface area contributed by atoms with Crippen LogP contribution in [0.3, 0.4) is 0 Å². The average molecular weight is 316 g/mol. The van der Waals surface area contributed by atoms with Crippen molar-refractivity contribution >= 4 is 12.6 Å². The number of hydrogen-bond acceptors (Lipinski definition) is 4. The van der Waals surface area contributed by atoms with Crippen LogP contribution >= 0.6 is 0 Å². The van der Waals surface area contributed by atoms with Gasteiger partial charge in [-0.2, -0.15) is 0 Å². The zero-order valence-corrected chi connectivity index (χ0v) is 10.8. The first-order chi connectivity index (χ1) is 10.2. The minimum atomic E-state index is -4.94. The highest BCUT2D eigenvalue weighted by atomic mass is 19.4. The van der Waals surface area contributed by atoms with Crippen molar-refractivity contribution in [2.45, 2.75) is 6.36 Å². The van der Waals surface area contributed by atoms with E-state index in [4.69, 9.17) is 14.8 Å². The van der Waals surface area contributed by atoms with Gasteiger partial charge in [-0.15, -0.1) is 13.2 Å². The van der Waals surface area contributed by atoms with Crippen LogP contribution in [0.4, 0.5) is 17.6 Å². The molecule has 0 aliphatic carbocycles. The Morgan fingerprint density at radius 1 is 0.864 bits per heavy atom. The summed E-state index contributed by atoms with van der Waals surface area (Å²) >= 11 is 0. The normalized spacial score (nSPS) is 11.2. The molecule has 0 amide bonds. The van der Waals surface area contributed by atoms with Crippen LogP contribution < -0.4 is 14.9 Å². The maximum atomic E-state index is 12.8. The largest absolute Gasteiger partial charge is 0.573 e. The van der Waals surface area contributed by atoms with Gasteiger partial charge in [0.15, 0.2) is 0 Å². The minimum absolute atomic E-state index is 0.128. The van der Waals surface area contributed by atoms with E-state index in [0.29, 0.717) is 0 Å². The molecule has 2 rings (SSSR count). The lowest BCUT2D eigenvalue weighted by Gasteiger charge is -2.13. The van der Waals surface area contributed by atoms with Crippen LogP contribution in [0.5, 0.6) is 17.2 Å². The molecule has 116 valence electrons. The second kappa shape index (κ2) is 6.24. The van der Waals surface area contributed by atoms with E-state index in [1.165, 1.54) is 12.1 Å². The van der Waals surface area contributed by atoms with Crippen LogP contribution in [0.2, 0.25) is 0 Å². The Bertz CT molecular complexity index is 643. The van der Waals surface area contributed by atoms with E-state index in [-0.39, 0.29) is 17.0 Å². The molecule has 4 nitrogen and oxygen atoms in total. The second-order valence-corrected chi connectivity index (χ2v) is 4.22. The summed E-state index contributed by atoms with van der Waals surface area (Å²) in [4.78, 5) is 0. The van der Waals surface area contributed by atoms with Gasteiger partial charge in [0.25, 0.3) is 0 Å². The summed E-state index contributed by atoms with van der Waals surface area (Å²) in [7, 11) is -2.01. The lowest BCUT2D eigenvalue weighted by atomic mass is 9.80. The number of hydrogen-bond donors (Lipinski definition) is 2. The molecule has 0 unspecified atom stereocenters. The van der Waals surface area contributed by atoms with Gasteiger partial charge in [-0.1, -0.05) is 0 Å². The number of rotatable bonds is 4. The maximum Gasteiger partial charge on any atom is 0.573 e. The fourth-order valence-corrected chi connectivity index (χ4v) is 1.63. The highest BCUT2D eigenvalue weighted by molar-refractivity contribution is 6.58. The van der Waals surface area contributed by atoms with Crippen LogP contribution in [-0.4, -0.2) is 23.5 Å². The van der Waals surface area contributed by atoms with Crippen molar-refractivity contribution in [3.8, 4) is 17.2 Å². The van der Waals surface area contributed by atoms with Gasteiger partial charge in [0.2, 0.25) is 0 Å². The maximum absolute atomic E-state index is 12.8. The standard InChI is InChI=1S/C13H9BF4O4/c15-9-1-3-10(4-2-9)21-11-5-8(14(19)20)6-12(7-11)22-13(16,17)18/h1-7,19-20H. The van der Waals surface area contributed by atoms with Gasteiger partial charge in [-0.05, 0) is 41.9 Å². The molecule has 0 saturated carbocycles. The van der Waals surface area contributed by atoms with Crippen LogP contribution in [0.25, 0.3) is 0 Å². The Kier molecular flexibility index (Phi) is 4.58. The quantitative estimate of drug-likeness (QED) is 0.671. The van der Waals surface area contributed by atoms with Crippen molar-refractivity contribution in [3.63, 3.8) is 0 Å². The first-order valence-electron chi connectivity index (χ1n) is 5.93. The summed E-state index contributed by atoms with van der Waals surface area (Å²) in [6, 6.07) is 7.60. The molecule has 9 heteroatoms. The summed E-state index contributed by atoms with van der Waals surface area (Å²) in [6.45, 7) is 0. The summed E-state index contributed by atoms with van der Waals surface area (Å²) in [5.41, 5.74) is -0.251. The van der Waals surface area contributed by atoms with Crippen LogP contribution in [0.1, 0.15) is 0 Å². The van der Waals surface area contributed by atoms with E-state index in [1.807, 2.05) is 0 Å². The highest BCUT2D eigenvalue weighted by Crippen LogP contribution is 2.28. The Balaban J connectivity index is 2.31. The van der Waals surface area contributed by atoms with Crippen molar-refractivity contribution in [1.29, 1.82) is 0 Å². The molecule has 0 aliphatic rings. The second-order valence-electron chi connectivity index (χ2n) is 4.22.